The molecule has 160 valence electrons. The van der Waals surface area contributed by atoms with Crippen molar-refractivity contribution < 1.29 is 36.6 Å². The maximum Gasteiger partial charge on any atom is 0.573 e. The van der Waals surface area contributed by atoms with E-state index in [1.165, 1.54) is 30.3 Å². The molecule has 0 aromatic heterocycles. The molecule has 0 aliphatic carbocycles. The van der Waals surface area contributed by atoms with Gasteiger partial charge in [0.05, 0.1) is 19.4 Å². The number of urea groups is 1. The van der Waals surface area contributed by atoms with E-state index >= 15 is 0 Å². The molecule has 0 radical (unpaired) electrons. The topological polar surface area (TPSA) is 101 Å². The number of carbonyl (C=O) groups excluding carboxylic acids is 2. The van der Waals surface area contributed by atoms with Crippen molar-refractivity contribution >= 4 is 23.5 Å². The Hall–Kier alpha value is -3.83. The lowest BCUT2D eigenvalue weighted by atomic mass is 10.1. The Morgan fingerprint density at radius 2 is 1.80 bits per heavy atom. The molecule has 3 N–H and O–H groups in total. The number of methoxy groups -OCH3 is 1. The average molecular weight is 428 g/mol. The minimum atomic E-state index is -4.83. The first-order chi connectivity index (χ1) is 14.2. The zero-order chi connectivity index (χ0) is 22.1. The summed E-state index contributed by atoms with van der Waals surface area (Å²) in [6, 6.07) is 8.88. The summed E-state index contributed by atoms with van der Waals surface area (Å²) in [5.41, 5.74) is 2.73. The molecule has 8 nitrogen and oxygen atoms in total. The molecule has 0 bridgehead atoms. The van der Waals surface area contributed by atoms with E-state index in [4.69, 9.17) is 0 Å². The molecule has 2 aromatic rings. The number of benzene rings is 2. The van der Waals surface area contributed by atoms with Crippen LogP contribution in [0, 0.1) is 5.82 Å². The number of nitrogens with zero attached hydrogens (tertiary/aromatic N) is 1. The van der Waals surface area contributed by atoms with Crippen LogP contribution in [-0.2, 0) is 4.74 Å². The van der Waals surface area contributed by atoms with Gasteiger partial charge in [0.2, 0.25) is 0 Å². The number of amides is 3. The van der Waals surface area contributed by atoms with Crippen LogP contribution in [0.2, 0.25) is 0 Å². The number of alkyl halides is 3. The molecule has 0 atom stereocenters. The number of anilines is 1. The maximum absolute atomic E-state index is 13.5. The molecule has 12 heteroatoms. The Labute approximate surface area is 167 Å². The van der Waals surface area contributed by atoms with Gasteiger partial charge in [-0.2, -0.15) is 5.10 Å². The first-order valence-electron chi connectivity index (χ1n) is 8.23. The van der Waals surface area contributed by atoms with Gasteiger partial charge in [0, 0.05) is 11.3 Å². The molecular weight excluding hydrogens is 412 g/mol. The molecule has 2 rings (SSSR count). The number of hydrazone groups is 1. The second-order valence-electron chi connectivity index (χ2n) is 5.55. The molecule has 0 unspecified atom stereocenters. The fourth-order valence-electron chi connectivity index (χ4n) is 2.12. The fourth-order valence-corrected chi connectivity index (χ4v) is 2.12. The number of halogens is 4. The van der Waals surface area contributed by atoms with Crippen molar-refractivity contribution in [1.29, 1.82) is 0 Å². The smallest absolute Gasteiger partial charge is 0.453 e. The summed E-state index contributed by atoms with van der Waals surface area (Å²) >= 11 is 0. The Kier molecular flexibility index (Phi) is 7.56. The van der Waals surface area contributed by atoms with Crippen molar-refractivity contribution in [2.45, 2.75) is 6.36 Å². The minimum absolute atomic E-state index is 0.115. The molecule has 0 aliphatic heterocycles. The first-order valence-corrected chi connectivity index (χ1v) is 8.23. The number of hydrogen-bond donors (Lipinski definition) is 3. The van der Waals surface area contributed by atoms with E-state index < -0.39 is 30.1 Å². The molecule has 0 saturated heterocycles. The average Bonchev–Trinajstić information content (AvgIpc) is 2.68. The van der Waals surface area contributed by atoms with Crippen LogP contribution < -0.4 is 20.8 Å². The second kappa shape index (κ2) is 10.1. The third-order valence-electron chi connectivity index (χ3n) is 3.38. The van der Waals surface area contributed by atoms with Gasteiger partial charge < -0.3 is 20.1 Å². The molecule has 0 fully saturated rings. The molecule has 0 heterocycles. The highest BCUT2D eigenvalue weighted by atomic mass is 19.4. The summed E-state index contributed by atoms with van der Waals surface area (Å²) in [6.07, 6.45) is -5.59. The van der Waals surface area contributed by atoms with Gasteiger partial charge in [0.15, 0.2) is 0 Å². The Balaban J connectivity index is 2.04. The van der Waals surface area contributed by atoms with Crippen molar-refractivity contribution in [3.05, 3.63) is 59.9 Å². The highest BCUT2D eigenvalue weighted by Gasteiger charge is 2.30. The Bertz CT molecular complexity index is 917. The van der Waals surface area contributed by atoms with Crippen LogP contribution in [0.3, 0.4) is 0 Å². The molecule has 0 aliphatic rings. The zero-order valence-electron chi connectivity index (χ0n) is 15.4. The summed E-state index contributed by atoms with van der Waals surface area (Å²) in [5.74, 6) is -1.00. The SMILES string of the molecule is COC(=O)NC/C(=N/NC(=O)Nc1ccc(OC(F)(F)F)cc1)c1cccc(F)c1. The van der Waals surface area contributed by atoms with Crippen LogP contribution in [0.15, 0.2) is 53.6 Å². The largest absolute Gasteiger partial charge is 0.573 e. The minimum Gasteiger partial charge on any atom is -0.453 e. The number of ether oxygens (including phenoxy) is 2. The normalized spacial score (nSPS) is 11.4. The standard InChI is InChI=1S/C18H16F4N4O4/c1-29-17(28)23-10-15(11-3-2-4-12(19)9-11)25-26-16(27)24-13-5-7-14(8-6-13)30-18(20,21)22/h2-9H,10H2,1H3,(H,23,28)(H2,24,26,27)/b25-15-. The van der Waals surface area contributed by atoms with Crippen LogP contribution in [0.1, 0.15) is 5.56 Å². The number of alkyl carbamates (subject to hydrolysis) is 1. The van der Waals surface area contributed by atoms with Gasteiger partial charge >= 0.3 is 18.5 Å². The lowest BCUT2D eigenvalue weighted by Gasteiger charge is -2.11. The van der Waals surface area contributed by atoms with Crippen molar-refractivity contribution in [1.82, 2.24) is 10.7 Å². The second-order valence-corrected chi connectivity index (χ2v) is 5.55. The molecule has 0 saturated carbocycles. The van der Waals surface area contributed by atoms with E-state index in [0.717, 1.165) is 25.3 Å². The zero-order valence-corrected chi connectivity index (χ0v) is 15.4. The number of rotatable bonds is 6. The van der Waals surface area contributed by atoms with E-state index in [0.29, 0.717) is 5.56 Å². The van der Waals surface area contributed by atoms with E-state index in [1.807, 2.05) is 0 Å². The van der Waals surface area contributed by atoms with Crippen LogP contribution in [-0.4, -0.2) is 37.9 Å². The molecule has 30 heavy (non-hydrogen) atoms. The predicted octanol–water partition coefficient (Wildman–Crippen LogP) is 3.61. The molecule has 0 spiro atoms. The van der Waals surface area contributed by atoms with Gasteiger partial charge in [-0.15, -0.1) is 13.2 Å². The van der Waals surface area contributed by atoms with Gasteiger partial charge in [-0.05, 0) is 36.4 Å². The van der Waals surface area contributed by atoms with E-state index in [2.05, 4.69) is 30.6 Å². The lowest BCUT2D eigenvalue weighted by molar-refractivity contribution is -0.274. The summed E-state index contributed by atoms with van der Waals surface area (Å²) in [7, 11) is 1.16. The third-order valence-corrected chi connectivity index (χ3v) is 3.38. The van der Waals surface area contributed by atoms with Crippen LogP contribution in [0.5, 0.6) is 5.75 Å². The van der Waals surface area contributed by atoms with E-state index in [1.54, 1.807) is 0 Å². The number of nitrogens with one attached hydrogen (secondary N) is 3. The maximum atomic E-state index is 13.5. The summed E-state index contributed by atoms with van der Waals surface area (Å²) in [4.78, 5) is 23.3. The summed E-state index contributed by atoms with van der Waals surface area (Å²) in [6.45, 7) is -0.181. The van der Waals surface area contributed by atoms with Crippen molar-refractivity contribution in [2.24, 2.45) is 5.10 Å². The number of carbonyl (C=O) groups is 2. The molecule has 3 amide bonds. The van der Waals surface area contributed by atoms with Crippen LogP contribution >= 0.6 is 0 Å². The first kappa shape index (κ1) is 22.5. The van der Waals surface area contributed by atoms with Gasteiger partial charge in [-0.1, -0.05) is 12.1 Å². The van der Waals surface area contributed by atoms with E-state index in [-0.39, 0.29) is 17.9 Å². The molecule has 2 aromatic carbocycles. The summed E-state index contributed by atoms with van der Waals surface area (Å²) in [5, 5.41) is 8.55. The van der Waals surface area contributed by atoms with Gasteiger partial charge in [-0.25, -0.2) is 19.4 Å². The predicted molar refractivity (Wildman–Crippen MR) is 98.6 cm³/mol. The van der Waals surface area contributed by atoms with Crippen molar-refractivity contribution in [3.8, 4) is 5.75 Å². The summed E-state index contributed by atoms with van der Waals surface area (Å²) < 4.78 is 58.1. The van der Waals surface area contributed by atoms with Gasteiger partial charge in [0.1, 0.15) is 11.6 Å². The fraction of sp³-hybridized carbons (Fsp3) is 0.167. The Morgan fingerprint density at radius 1 is 1.10 bits per heavy atom. The van der Waals surface area contributed by atoms with Gasteiger partial charge in [0.25, 0.3) is 0 Å². The monoisotopic (exact) mass is 428 g/mol. The molecular formula is C18H16F4N4O4. The van der Waals surface area contributed by atoms with Crippen molar-refractivity contribution in [3.63, 3.8) is 0 Å². The highest BCUT2D eigenvalue weighted by Crippen LogP contribution is 2.23. The Morgan fingerprint density at radius 3 is 2.40 bits per heavy atom. The number of hydrogen-bond acceptors (Lipinski definition) is 5. The van der Waals surface area contributed by atoms with Gasteiger partial charge in [-0.3, -0.25) is 0 Å². The van der Waals surface area contributed by atoms with Crippen molar-refractivity contribution in [2.75, 3.05) is 19.0 Å². The highest BCUT2D eigenvalue weighted by molar-refractivity contribution is 6.04. The van der Waals surface area contributed by atoms with Crippen LogP contribution in [0.25, 0.3) is 0 Å². The quantitative estimate of drug-likeness (QED) is 0.372. The lowest BCUT2D eigenvalue weighted by Crippen LogP contribution is -2.32. The van der Waals surface area contributed by atoms with Crippen LogP contribution in [0.4, 0.5) is 32.8 Å². The van der Waals surface area contributed by atoms with E-state index in [9.17, 15) is 27.2 Å². The third kappa shape index (κ3) is 7.66.